The minimum Gasteiger partial charge on any atom is -0.349 e. The summed E-state index contributed by atoms with van der Waals surface area (Å²) in [4.78, 5) is 12.0. The van der Waals surface area contributed by atoms with Crippen LogP contribution < -0.4 is 5.32 Å². The maximum absolute atomic E-state index is 12.1. The number of hydrogen-bond donors (Lipinski definition) is 1. The number of halogens is 4. The van der Waals surface area contributed by atoms with E-state index in [2.05, 4.69) is 21.2 Å². The van der Waals surface area contributed by atoms with Gasteiger partial charge >= 0.3 is 6.18 Å². The Hall–Kier alpha value is -0.560. The van der Waals surface area contributed by atoms with Crippen LogP contribution in [-0.2, 0) is 0 Å². The second kappa shape index (κ2) is 5.39. The highest BCUT2D eigenvalue weighted by molar-refractivity contribution is 9.11. The van der Waals surface area contributed by atoms with Crippen molar-refractivity contribution in [3.63, 3.8) is 0 Å². The van der Waals surface area contributed by atoms with E-state index in [0.717, 1.165) is 9.35 Å². The molecule has 0 fully saturated rings. The first kappa shape index (κ1) is 14.5. The molecule has 17 heavy (non-hydrogen) atoms. The van der Waals surface area contributed by atoms with E-state index >= 15 is 0 Å². The molecular weight excluding hydrogens is 319 g/mol. The first-order chi connectivity index (χ1) is 7.69. The topological polar surface area (TPSA) is 29.1 Å². The van der Waals surface area contributed by atoms with Gasteiger partial charge in [0.25, 0.3) is 5.91 Å². The van der Waals surface area contributed by atoms with Gasteiger partial charge in [0.1, 0.15) is 0 Å². The maximum Gasteiger partial charge on any atom is 0.391 e. The van der Waals surface area contributed by atoms with Gasteiger partial charge in [0.05, 0.1) is 15.1 Å². The molecule has 1 unspecified atom stereocenters. The van der Waals surface area contributed by atoms with E-state index in [1.807, 2.05) is 6.92 Å². The lowest BCUT2D eigenvalue weighted by atomic mass is 10.2. The van der Waals surface area contributed by atoms with Crippen molar-refractivity contribution in [1.82, 2.24) is 5.32 Å². The Bertz CT molecular complexity index is 397. The molecule has 0 aliphatic carbocycles. The molecule has 96 valence electrons. The van der Waals surface area contributed by atoms with Crippen LogP contribution in [0.4, 0.5) is 13.2 Å². The maximum atomic E-state index is 12.1. The lowest BCUT2D eigenvalue weighted by Gasteiger charge is -2.15. The number of nitrogens with one attached hydrogen (secondary N) is 1. The monoisotopic (exact) mass is 329 g/mol. The van der Waals surface area contributed by atoms with Crippen LogP contribution in [0.2, 0.25) is 0 Å². The highest BCUT2D eigenvalue weighted by atomic mass is 79.9. The Morgan fingerprint density at radius 1 is 1.59 bits per heavy atom. The number of alkyl halides is 3. The molecule has 0 aliphatic heterocycles. The molecule has 1 rings (SSSR count). The second-order valence-electron chi connectivity index (χ2n) is 3.76. The number of carbonyl (C=O) groups excluding carboxylic acids is 1. The van der Waals surface area contributed by atoms with Crippen molar-refractivity contribution in [1.29, 1.82) is 0 Å². The Morgan fingerprint density at radius 2 is 2.18 bits per heavy atom. The molecule has 1 heterocycles. The van der Waals surface area contributed by atoms with Gasteiger partial charge in [0.2, 0.25) is 0 Å². The summed E-state index contributed by atoms with van der Waals surface area (Å²) in [6.07, 6.45) is -5.29. The fraction of sp³-hybridized carbons (Fsp3) is 0.500. The van der Waals surface area contributed by atoms with Crippen molar-refractivity contribution >= 4 is 33.2 Å². The van der Waals surface area contributed by atoms with Gasteiger partial charge < -0.3 is 5.32 Å². The van der Waals surface area contributed by atoms with E-state index in [-0.39, 0.29) is 0 Å². The highest BCUT2D eigenvalue weighted by Gasteiger charge is 2.30. The standard InChI is InChI=1S/C10H11BrF3NOS/c1-5-3-7(17-8(5)11)9(16)15-6(2)4-10(12,13)14/h3,6H,4H2,1-2H3,(H,15,16). The van der Waals surface area contributed by atoms with Crippen LogP contribution in [0.3, 0.4) is 0 Å². The Morgan fingerprint density at radius 3 is 2.59 bits per heavy atom. The first-order valence-electron chi connectivity index (χ1n) is 4.82. The SMILES string of the molecule is Cc1cc(C(=O)NC(C)CC(F)(F)F)sc1Br. The second-order valence-corrected chi connectivity index (χ2v) is 6.13. The van der Waals surface area contributed by atoms with Crippen molar-refractivity contribution in [3.05, 3.63) is 20.3 Å². The lowest BCUT2D eigenvalue weighted by Crippen LogP contribution is -2.35. The van der Waals surface area contributed by atoms with Gasteiger partial charge in [-0.05, 0) is 41.4 Å². The Labute approximate surface area is 109 Å². The Kier molecular flexibility index (Phi) is 4.60. The van der Waals surface area contributed by atoms with Gasteiger partial charge in [-0.3, -0.25) is 4.79 Å². The number of carbonyl (C=O) groups is 1. The zero-order valence-corrected chi connectivity index (χ0v) is 11.6. The highest BCUT2D eigenvalue weighted by Crippen LogP contribution is 2.27. The zero-order valence-electron chi connectivity index (χ0n) is 9.19. The quantitative estimate of drug-likeness (QED) is 0.895. The van der Waals surface area contributed by atoms with Crippen molar-refractivity contribution in [2.45, 2.75) is 32.5 Å². The smallest absolute Gasteiger partial charge is 0.349 e. The van der Waals surface area contributed by atoms with Crippen LogP contribution in [0.5, 0.6) is 0 Å². The van der Waals surface area contributed by atoms with Gasteiger partial charge in [-0.25, -0.2) is 0 Å². The van der Waals surface area contributed by atoms with Gasteiger partial charge in [-0.1, -0.05) is 0 Å². The number of hydrogen-bond acceptors (Lipinski definition) is 2. The third kappa shape index (κ3) is 4.67. The van der Waals surface area contributed by atoms with E-state index in [0.29, 0.717) is 4.88 Å². The third-order valence-electron chi connectivity index (χ3n) is 2.00. The first-order valence-corrected chi connectivity index (χ1v) is 6.43. The molecule has 7 heteroatoms. The van der Waals surface area contributed by atoms with Gasteiger partial charge in [0, 0.05) is 6.04 Å². The van der Waals surface area contributed by atoms with Crippen molar-refractivity contribution in [2.24, 2.45) is 0 Å². The molecular formula is C10H11BrF3NOS. The minimum atomic E-state index is -4.27. The fourth-order valence-electron chi connectivity index (χ4n) is 1.26. The van der Waals surface area contributed by atoms with Gasteiger partial charge in [0.15, 0.2) is 0 Å². The van der Waals surface area contributed by atoms with E-state index in [1.54, 1.807) is 6.07 Å². The molecule has 0 saturated heterocycles. The summed E-state index contributed by atoms with van der Waals surface area (Å²) >= 11 is 4.46. The summed E-state index contributed by atoms with van der Waals surface area (Å²) in [5, 5.41) is 2.32. The molecule has 1 N–H and O–H groups in total. The molecule has 1 amide bonds. The van der Waals surface area contributed by atoms with Gasteiger partial charge in [-0.2, -0.15) is 13.2 Å². The van der Waals surface area contributed by atoms with E-state index in [1.165, 1.54) is 18.3 Å². The molecule has 0 radical (unpaired) electrons. The minimum absolute atomic E-state index is 0.406. The van der Waals surface area contributed by atoms with Crippen LogP contribution >= 0.6 is 27.3 Å². The molecule has 0 aromatic carbocycles. The average molecular weight is 330 g/mol. The summed E-state index contributed by atoms with van der Waals surface area (Å²) < 4.78 is 37.0. The Balaban J connectivity index is 2.61. The molecule has 1 aromatic rings. The third-order valence-corrected chi connectivity index (χ3v) is 4.13. The number of thiophene rings is 1. The summed E-state index contributed by atoms with van der Waals surface area (Å²) in [6.45, 7) is 3.15. The van der Waals surface area contributed by atoms with Crippen molar-refractivity contribution < 1.29 is 18.0 Å². The van der Waals surface area contributed by atoms with E-state index < -0.39 is 24.5 Å². The number of aryl methyl sites for hydroxylation is 1. The van der Waals surface area contributed by atoms with Crippen molar-refractivity contribution in [3.8, 4) is 0 Å². The summed E-state index contributed by atoms with van der Waals surface area (Å²) in [5.41, 5.74) is 0.892. The molecule has 1 aromatic heterocycles. The van der Waals surface area contributed by atoms with Crippen LogP contribution in [0, 0.1) is 6.92 Å². The molecule has 0 aliphatic rings. The summed E-state index contributed by atoms with van der Waals surface area (Å²) in [6, 6.07) is 0.716. The van der Waals surface area contributed by atoms with Crippen LogP contribution in [0.25, 0.3) is 0 Å². The summed E-state index contributed by atoms with van der Waals surface area (Å²) in [7, 11) is 0. The number of amides is 1. The largest absolute Gasteiger partial charge is 0.391 e. The van der Waals surface area contributed by atoms with Crippen LogP contribution in [0.1, 0.15) is 28.6 Å². The molecule has 2 nitrogen and oxygen atoms in total. The van der Waals surface area contributed by atoms with E-state index in [9.17, 15) is 18.0 Å². The fourth-order valence-corrected chi connectivity index (χ4v) is 2.70. The van der Waals surface area contributed by atoms with Crippen LogP contribution in [-0.4, -0.2) is 18.1 Å². The predicted octanol–water partition coefficient (Wildman–Crippen LogP) is 3.89. The van der Waals surface area contributed by atoms with Gasteiger partial charge in [-0.15, -0.1) is 11.3 Å². The van der Waals surface area contributed by atoms with Crippen LogP contribution in [0.15, 0.2) is 9.85 Å². The van der Waals surface area contributed by atoms with Crippen molar-refractivity contribution in [2.75, 3.05) is 0 Å². The molecule has 0 bridgehead atoms. The molecule has 1 atom stereocenters. The molecule has 0 saturated carbocycles. The zero-order chi connectivity index (χ0) is 13.2. The predicted molar refractivity (Wildman–Crippen MR) is 64.4 cm³/mol. The lowest BCUT2D eigenvalue weighted by molar-refractivity contribution is -0.138. The average Bonchev–Trinajstić information content (AvgIpc) is 2.43. The van der Waals surface area contributed by atoms with E-state index in [4.69, 9.17) is 0 Å². The number of rotatable bonds is 3. The summed E-state index contributed by atoms with van der Waals surface area (Å²) in [5.74, 6) is -0.472. The molecule has 0 spiro atoms. The normalized spacial score (nSPS) is 13.5.